The maximum atomic E-state index is 13.5. The third kappa shape index (κ3) is 4.91. The summed E-state index contributed by atoms with van der Waals surface area (Å²) in [5.74, 6) is 1.39. The number of ether oxygens (including phenoxy) is 1. The molecule has 2 aromatic rings. The Balaban J connectivity index is 1.48. The van der Waals surface area contributed by atoms with E-state index in [0.717, 1.165) is 37.1 Å². The molecule has 2 aliphatic rings. The first kappa shape index (κ1) is 23.3. The largest absolute Gasteiger partial charge is 0.497 e. The van der Waals surface area contributed by atoms with E-state index in [4.69, 9.17) is 4.74 Å². The van der Waals surface area contributed by atoms with Crippen LogP contribution in [0.5, 0.6) is 5.75 Å². The third-order valence-electron chi connectivity index (χ3n) is 7.21. The molecule has 6 heteroatoms. The van der Waals surface area contributed by atoms with Crippen LogP contribution in [0.15, 0.2) is 54.6 Å². The van der Waals surface area contributed by atoms with Crippen LogP contribution in [0.4, 0.5) is 0 Å². The average molecular weight is 450 g/mol. The Morgan fingerprint density at radius 1 is 1.12 bits per heavy atom. The number of methoxy groups -OCH3 is 1. The van der Waals surface area contributed by atoms with E-state index in [1.54, 1.807) is 7.11 Å². The van der Waals surface area contributed by atoms with E-state index in [-0.39, 0.29) is 23.5 Å². The number of hydrogen-bond donors (Lipinski definition) is 1. The van der Waals surface area contributed by atoms with Gasteiger partial charge in [-0.25, -0.2) is 0 Å². The van der Waals surface area contributed by atoms with Gasteiger partial charge in [0.2, 0.25) is 5.91 Å². The topological polar surface area (TPSA) is 61.9 Å². The average Bonchev–Trinajstić information content (AvgIpc) is 3.09. The highest BCUT2D eigenvalue weighted by Gasteiger charge is 2.51. The lowest BCUT2D eigenvalue weighted by Gasteiger charge is -2.45. The molecule has 2 aromatic carbocycles. The van der Waals surface area contributed by atoms with Gasteiger partial charge in [-0.1, -0.05) is 50.6 Å². The Kier molecular flexibility index (Phi) is 7.03. The minimum Gasteiger partial charge on any atom is -0.497 e. The van der Waals surface area contributed by atoms with Crippen LogP contribution < -0.4 is 10.1 Å². The fourth-order valence-electron chi connectivity index (χ4n) is 4.97. The van der Waals surface area contributed by atoms with E-state index in [0.29, 0.717) is 31.0 Å². The molecule has 4 rings (SSSR count). The number of nitrogens with zero attached hydrogens (tertiary/aromatic N) is 2. The summed E-state index contributed by atoms with van der Waals surface area (Å²) in [6.45, 7) is 6.37. The molecular weight excluding hydrogens is 414 g/mol. The van der Waals surface area contributed by atoms with Gasteiger partial charge in [0.05, 0.1) is 18.8 Å². The molecule has 1 N–H and O–H groups in total. The first-order chi connectivity index (χ1) is 16.0. The molecule has 0 radical (unpaired) electrons. The van der Waals surface area contributed by atoms with Gasteiger partial charge in [-0.2, -0.15) is 0 Å². The Labute approximate surface area is 196 Å². The normalized spacial score (nSPS) is 20.8. The summed E-state index contributed by atoms with van der Waals surface area (Å²) in [7, 11) is 1.62. The maximum Gasteiger partial charge on any atom is 0.253 e. The number of likely N-dealkylation sites (tertiary alicyclic amines) is 1. The zero-order valence-corrected chi connectivity index (χ0v) is 19.9. The number of hydrogen-bond acceptors (Lipinski definition) is 4. The summed E-state index contributed by atoms with van der Waals surface area (Å²) in [5, 5.41) is 3.72. The van der Waals surface area contributed by atoms with Crippen LogP contribution in [0.3, 0.4) is 0 Å². The third-order valence-corrected chi connectivity index (χ3v) is 7.21. The highest BCUT2D eigenvalue weighted by atomic mass is 16.5. The molecule has 2 amide bonds. The standard InChI is InChI=1S/C27H35N3O3/c1-4-20(2)19-30-26(32)24(18-21-8-6-5-7-9-21)28-27(30)14-16-29(17-15-27)25(31)22-10-12-23(33-3)13-11-22/h5-13,20,24,28H,4,14-19H2,1-3H3. The lowest BCUT2D eigenvalue weighted by molar-refractivity contribution is -0.134. The summed E-state index contributed by atoms with van der Waals surface area (Å²) in [5.41, 5.74) is 1.45. The summed E-state index contributed by atoms with van der Waals surface area (Å²) >= 11 is 0. The minimum absolute atomic E-state index is 0.0335. The second-order valence-electron chi connectivity index (χ2n) is 9.40. The first-order valence-electron chi connectivity index (χ1n) is 12.0. The van der Waals surface area contributed by atoms with Crippen molar-refractivity contribution in [2.24, 2.45) is 5.92 Å². The van der Waals surface area contributed by atoms with Gasteiger partial charge in [0.15, 0.2) is 0 Å². The van der Waals surface area contributed by atoms with Gasteiger partial charge in [-0.05, 0) is 42.2 Å². The first-order valence-corrected chi connectivity index (χ1v) is 12.0. The molecule has 1 spiro atoms. The Bertz CT molecular complexity index is 952. The van der Waals surface area contributed by atoms with Crippen LogP contribution in [-0.2, 0) is 11.2 Å². The number of piperidine rings is 1. The van der Waals surface area contributed by atoms with Crippen molar-refractivity contribution in [2.75, 3.05) is 26.7 Å². The molecule has 0 bridgehead atoms. The molecule has 176 valence electrons. The molecule has 2 aliphatic heterocycles. The van der Waals surface area contributed by atoms with E-state index in [2.05, 4.69) is 36.2 Å². The van der Waals surface area contributed by atoms with Crippen molar-refractivity contribution in [3.63, 3.8) is 0 Å². The van der Waals surface area contributed by atoms with Gasteiger partial charge in [-0.3, -0.25) is 14.9 Å². The van der Waals surface area contributed by atoms with Crippen molar-refractivity contribution >= 4 is 11.8 Å². The quantitative estimate of drug-likeness (QED) is 0.700. The minimum atomic E-state index is -0.378. The van der Waals surface area contributed by atoms with Crippen molar-refractivity contribution in [2.45, 2.75) is 51.2 Å². The maximum absolute atomic E-state index is 13.5. The lowest BCUT2D eigenvalue weighted by Crippen LogP contribution is -2.60. The predicted molar refractivity (Wildman–Crippen MR) is 129 cm³/mol. The molecule has 2 heterocycles. The smallest absolute Gasteiger partial charge is 0.253 e. The number of rotatable bonds is 7. The monoisotopic (exact) mass is 449 g/mol. The number of amides is 2. The molecular formula is C27H35N3O3. The van der Waals surface area contributed by atoms with Crippen molar-refractivity contribution in [3.8, 4) is 5.75 Å². The Hall–Kier alpha value is -2.86. The Morgan fingerprint density at radius 2 is 1.79 bits per heavy atom. The fraction of sp³-hybridized carbons (Fsp3) is 0.481. The number of carbonyl (C=O) groups is 2. The van der Waals surface area contributed by atoms with E-state index < -0.39 is 0 Å². The van der Waals surface area contributed by atoms with Gasteiger partial charge in [0.25, 0.3) is 5.91 Å². The van der Waals surface area contributed by atoms with Gasteiger partial charge in [-0.15, -0.1) is 0 Å². The lowest BCUT2D eigenvalue weighted by atomic mass is 9.94. The van der Waals surface area contributed by atoms with Crippen LogP contribution in [0, 0.1) is 5.92 Å². The highest BCUT2D eigenvalue weighted by molar-refractivity contribution is 5.94. The van der Waals surface area contributed by atoms with Crippen LogP contribution in [0.1, 0.15) is 49.0 Å². The van der Waals surface area contributed by atoms with Crippen molar-refractivity contribution in [3.05, 3.63) is 65.7 Å². The van der Waals surface area contributed by atoms with Crippen LogP contribution in [0.25, 0.3) is 0 Å². The molecule has 0 aromatic heterocycles. The molecule has 6 nitrogen and oxygen atoms in total. The molecule has 2 saturated heterocycles. The molecule has 2 fully saturated rings. The predicted octanol–water partition coefficient (Wildman–Crippen LogP) is 3.72. The van der Waals surface area contributed by atoms with Gasteiger partial charge in [0, 0.05) is 38.0 Å². The van der Waals surface area contributed by atoms with Crippen molar-refractivity contribution in [1.82, 2.24) is 15.1 Å². The zero-order chi connectivity index (χ0) is 23.4. The summed E-state index contributed by atoms with van der Waals surface area (Å²) in [6, 6.07) is 17.2. The van der Waals surface area contributed by atoms with E-state index >= 15 is 0 Å². The van der Waals surface area contributed by atoms with E-state index in [9.17, 15) is 9.59 Å². The second-order valence-corrected chi connectivity index (χ2v) is 9.40. The highest BCUT2D eigenvalue weighted by Crippen LogP contribution is 2.34. The Morgan fingerprint density at radius 3 is 2.39 bits per heavy atom. The van der Waals surface area contributed by atoms with Crippen LogP contribution in [0.2, 0.25) is 0 Å². The fourth-order valence-corrected chi connectivity index (χ4v) is 4.97. The number of nitrogens with one attached hydrogen (secondary N) is 1. The molecule has 2 atom stereocenters. The van der Waals surface area contributed by atoms with Crippen LogP contribution >= 0.6 is 0 Å². The van der Waals surface area contributed by atoms with E-state index in [1.165, 1.54) is 0 Å². The van der Waals surface area contributed by atoms with Crippen molar-refractivity contribution in [1.29, 1.82) is 0 Å². The molecule has 2 unspecified atom stereocenters. The summed E-state index contributed by atoms with van der Waals surface area (Å²) in [6.07, 6.45) is 3.20. The molecule has 33 heavy (non-hydrogen) atoms. The van der Waals surface area contributed by atoms with Gasteiger partial charge < -0.3 is 14.5 Å². The number of carbonyl (C=O) groups excluding carboxylic acids is 2. The van der Waals surface area contributed by atoms with E-state index in [1.807, 2.05) is 47.4 Å². The van der Waals surface area contributed by atoms with Crippen LogP contribution in [-0.4, -0.2) is 60.1 Å². The summed E-state index contributed by atoms with van der Waals surface area (Å²) < 4.78 is 5.20. The van der Waals surface area contributed by atoms with Gasteiger partial charge >= 0.3 is 0 Å². The second kappa shape index (κ2) is 9.96. The summed E-state index contributed by atoms with van der Waals surface area (Å²) in [4.78, 5) is 30.6. The van der Waals surface area contributed by atoms with Gasteiger partial charge in [0.1, 0.15) is 5.75 Å². The number of benzene rings is 2. The molecule has 0 aliphatic carbocycles. The zero-order valence-electron chi connectivity index (χ0n) is 19.9. The SMILES string of the molecule is CCC(C)CN1C(=O)C(Cc2ccccc2)NC12CCN(C(=O)c1ccc(OC)cc1)CC2. The van der Waals surface area contributed by atoms with Crippen molar-refractivity contribution < 1.29 is 14.3 Å². The molecule has 0 saturated carbocycles.